The first-order valence-electron chi connectivity index (χ1n) is 13.3. The molecule has 4 amide bonds. The molecule has 2 aliphatic rings. The van der Waals surface area contributed by atoms with Crippen LogP contribution < -0.4 is 5.32 Å². The second-order valence-corrected chi connectivity index (χ2v) is 10.2. The summed E-state index contributed by atoms with van der Waals surface area (Å²) in [4.78, 5) is 43.9. The Kier molecular flexibility index (Phi) is 9.70. The van der Waals surface area contributed by atoms with Gasteiger partial charge < -0.3 is 15.1 Å². The molecule has 0 aliphatic carbocycles. The number of nitrogens with zero attached hydrogens (tertiary/aromatic N) is 4. The topological polar surface area (TPSA) is 76.2 Å². The smallest absolute Gasteiger partial charge is 0.334 e. The summed E-state index contributed by atoms with van der Waals surface area (Å²) >= 11 is 0. The molecule has 2 fully saturated rings. The molecule has 0 radical (unpaired) electrons. The summed E-state index contributed by atoms with van der Waals surface area (Å²) in [7, 11) is 1.72. The Bertz CT molecular complexity index is 911. The zero-order valence-corrected chi connectivity index (χ0v) is 22.4. The molecular weight excluding hydrogens is 461 g/mol. The normalized spacial score (nSPS) is 22.4. The number of carbonyl (C=O) groups is 3. The maximum absolute atomic E-state index is 13.7. The number of hydrogen-bond acceptors (Lipinski definition) is 4. The zero-order valence-electron chi connectivity index (χ0n) is 22.4. The molecule has 9 heteroatoms. The van der Waals surface area contributed by atoms with Gasteiger partial charge in [-0.1, -0.05) is 65.5 Å². The number of unbranched alkanes of at least 4 members (excludes halogenated alkanes) is 1. The average Bonchev–Trinajstić information content (AvgIpc) is 2.86. The quantitative estimate of drug-likeness (QED) is 0.527. The number of fused-ring (bicyclic) bond motifs is 1. The highest BCUT2D eigenvalue weighted by atomic mass is 19.1. The Labute approximate surface area is 214 Å². The molecule has 0 bridgehead atoms. The SMILES string of the molecule is CCCCC(CC)CN1C[C@H]2N(C(=O)CN(C)N2C(=O)NCc2ccc(F)cc2)[C@@H](C(C)CC)C1=O. The van der Waals surface area contributed by atoms with Gasteiger partial charge in [-0.3, -0.25) is 9.59 Å². The van der Waals surface area contributed by atoms with Crippen molar-refractivity contribution in [1.29, 1.82) is 0 Å². The van der Waals surface area contributed by atoms with Gasteiger partial charge >= 0.3 is 6.03 Å². The first kappa shape index (κ1) is 27.9. The van der Waals surface area contributed by atoms with E-state index in [4.69, 9.17) is 0 Å². The summed E-state index contributed by atoms with van der Waals surface area (Å²) in [6.45, 7) is 9.52. The molecule has 1 N–H and O–H groups in total. The molecule has 200 valence electrons. The van der Waals surface area contributed by atoms with Gasteiger partial charge in [-0.25, -0.2) is 19.2 Å². The van der Waals surface area contributed by atoms with Crippen molar-refractivity contribution in [2.75, 3.05) is 26.7 Å². The van der Waals surface area contributed by atoms with Gasteiger partial charge in [0.2, 0.25) is 11.8 Å². The van der Waals surface area contributed by atoms with Crippen molar-refractivity contribution in [3.8, 4) is 0 Å². The lowest BCUT2D eigenvalue weighted by molar-refractivity contribution is -0.191. The minimum absolute atomic E-state index is 0.0138. The minimum atomic E-state index is -0.592. The molecule has 2 saturated heterocycles. The highest BCUT2D eigenvalue weighted by Crippen LogP contribution is 2.31. The number of rotatable bonds is 10. The molecular formula is C27H42FN5O3. The number of piperazine rings is 1. The number of hydrazine groups is 1. The van der Waals surface area contributed by atoms with Crippen molar-refractivity contribution in [2.45, 2.75) is 78.6 Å². The molecule has 36 heavy (non-hydrogen) atoms. The van der Waals surface area contributed by atoms with E-state index in [0.717, 1.165) is 37.7 Å². The summed E-state index contributed by atoms with van der Waals surface area (Å²) in [5, 5.41) is 6.13. The number of urea groups is 1. The lowest BCUT2D eigenvalue weighted by Crippen LogP contribution is -2.76. The molecule has 3 rings (SSSR count). The first-order chi connectivity index (χ1) is 17.2. The average molecular weight is 504 g/mol. The monoisotopic (exact) mass is 503 g/mol. The Morgan fingerprint density at radius 2 is 1.83 bits per heavy atom. The van der Waals surface area contributed by atoms with Crippen LogP contribution in [0.5, 0.6) is 0 Å². The molecule has 1 aromatic rings. The molecule has 8 nitrogen and oxygen atoms in total. The Morgan fingerprint density at radius 1 is 1.14 bits per heavy atom. The third-order valence-corrected chi connectivity index (χ3v) is 7.64. The van der Waals surface area contributed by atoms with E-state index in [-0.39, 0.29) is 49.2 Å². The summed E-state index contributed by atoms with van der Waals surface area (Å²) in [5.41, 5.74) is 0.775. The van der Waals surface area contributed by atoms with Crippen LogP contribution in [0.25, 0.3) is 0 Å². The van der Waals surface area contributed by atoms with Crippen LogP contribution in [0.2, 0.25) is 0 Å². The fraction of sp³-hybridized carbons (Fsp3) is 0.667. The van der Waals surface area contributed by atoms with Crippen LogP contribution >= 0.6 is 0 Å². The van der Waals surface area contributed by atoms with Gasteiger partial charge in [-0.2, -0.15) is 0 Å². The van der Waals surface area contributed by atoms with Crippen LogP contribution in [-0.2, 0) is 16.1 Å². The number of amides is 4. The van der Waals surface area contributed by atoms with Crippen molar-refractivity contribution in [3.05, 3.63) is 35.6 Å². The number of nitrogens with one attached hydrogen (secondary N) is 1. The van der Waals surface area contributed by atoms with Crippen molar-refractivity contribution in [2.24, 2.45) is 11.8 Å². The highest BCUT2D eigenvalue weighted by molar-refractivity contribution is 5.91. The van der Waals surface area contributed by atoms with Gasteiger partial charge in [-0.05, 0) is 36.0 Å². The predicted octanol–water partition coefficient (Wildman–Crippen LogP) is 3.83. The first-order valence-corrected chi connectivity index (χ1v) is 13.3. The minimum Gasteiger partial charge on any atom is -0.337 e. The molecule has 1 aromatic carbocycles. The van der Waals surface area contributed by atoms with E-state index in [1.54, 1.807) is 34.1 Å². The van der Waals surface area contributed by atoms with Crippen molar-refractivity contribution < 1.29 is 18.8 Å². The molecule has 0 spiro atoms. The Balaban J connectivity index is 1.86. The number of carbonyl (C=O) groups excluding carboxylic acids is 3. The standard InChI is InChI=1S/C27H42FN5O3/c1-6-9-10-20(8-3)16-31-17-23-32(25(26(31)35)19(4)7-2)24(34)18-30(5)33(23)27(36)29-15-21-11-13-22(28)14-12-21/h11-14,19-20,23,25H,6-10,15-18H2,1-5H3,(H,29,36)/t19?,20?,23-,25-/m0/s1. The number of hydrogen-bond donors (Lipinski definition) is 1. The van der Waals surface area contributed by atoms with E-state index < -0.39 is 12.2 Å². The van der Waals surface area contributed by atoms with Crippen LogP contribution in [0.4, 0.5) is 9.18 Å². The third kappa shape index (κ3) is 6.17. The van der Waals surface area contributed by atoms with Crippen LogP contribution in [0.15, 0.2) is 24.3 Å². The largest absolute Gasteiger partial charge is 0.337 e. The number of benzene rings is 1. The molecule has 2 heterocycles. The molecule has 0 aromatic heterocycles. The predicted molar refractivity (Wildman–Crippen MR) is 137 cm³/mol. The van der Waals surface area contributed by atoms with Crippen LogP contribution in [0.3, 0.4) is 0 Å². The lowest BCUT2D eigenvalue weighted by atomic mass is 9.91. The van der Waals surface area contributed by atoms with Crippen LogP contribution in [0.1, 0.15) is 65.4 Å². The van der Waals surface area contributed by atoms with E-state index in [1.165, 1.54) is 12.1 Å². The summed E-state index contributed by atoms with van der Waals surface area (Å²) in [5.74, 6) is -0.130. The zero-order chi connectivity index (χ0) is 26.4. The highest BCUT2D eigenvalue weighted by Gasteiger charge is 2.52. The summed E-state index contributed by atoms with van der Waals surface area (Å²) in [6.07, 6.45) is 4.43. The lowest BCUT2D eigenvalue weighted by Gasteiger charge is -2.55. The maximum Gasteiger partial charge on any atom is 0.334 e. The van der Waals surface area contributed by atoms with E-state index in [9.17, 15) is 18.8 Å². The van der Waals surface area contributed by atoms with Gasteiger partial charge in [-0.15, -0.1) is 0 Å². The van der Waals surface area contributed by atoms with Gasteiger partial charge in [0, 0.05) is 20.1 Å². The molecule has 2 aliphatic heterocycles. The van der Waals surface area contributed by atoms with Crippen molar-refractivity contribution in [1.82, 2.24) is 25.1 Å². The van der Waals surface area contributed by atoms with Crippen molar-refractivity contribution in [3.63, 3.8) is 0 Å². The van der Waals surface area contributed by atoms with E-state index in [0.29, 0.717) is 12.5 Å². The van der Waals surface area contributed by atoms with Gasteiger partial charge in [0.1, 0.15) is 18.0 Å². The molecule has 4 atom stereocenters. The molecule has 2 unspecified atom stereocenters. The third-order valence-electron chi connectivity index (χ3n) is 7.64. The number of likely N-dealkylation sites (N-methyl/N-ethyl adjacent to an activating group) is 1. The van der Waals surface area contributed by atoms with Crippen LogP contribution in [0, 0.1) is 17.7 Å². The van der Waals surface area contributed by atoms with Gasteiger partial charge in [0.25, 0.3) is 0 Å². The Morgan fingerprint density at radius 3 is 2.44 bits per heavy atom. The maximum atomic E-state index is 13.7. The van der Waals surface area contributed by atoms with E-state index in [1.807, 2.05) is 18.7 Å². The summed E-state index contributed by atoms with van der Waals surface area (Å²) < 4.78 is 13.3. The van der Waals surface area contributed by atoms with Crippen LogP contribution in [-0.4, -0.2) is 76.6 Å². The second-order valence-electron chi connectivity index (χ2n) is 10.2. The molecule has 0 saturated carbocycles. The van der Waals surface area contributed by atoms with Gasteiger partial charge in [0.15, 0.2) is 0 Å². The van der Waals surface area contributed by atoms with Crippen molar-refractivity contribution >= 4 is 17.8 Å². The Hall–Kier alpha value is -2.68. The van der Waals surface area contributed by atoms with Gasteiger partial charge in [0.05, 0.1) is 13.1 Å². The number of halogens is 1. The fourth-order valence-electron chi connectivity index (χ4n) is 5.25. The van der Waals surface area contributed by atoms with E-state index in [2.05, 4.69) is 19.2 Å². The van der Waals surface area contributed by atoms with E-state index >= 15 is 0 Å². The second kappa shape index (κ2) is 12.5. The fourth-order valence-corrected chi connectivity index (χ4v) is 5.25. The summed E-state index contributed by atoms with van der Waals surface area (Å²) in [6, 6.07) is 5.04.